The first-order valence-electron chi connectivity index (χ1n) is 7.97. The van der Waals surface area contributed by atoms with Crippen LogP contribution in [0, 0.1) is 0 Å². The molecule has 6 nitrogen and oxygen atoms in total. The molecule has 146 valence electrons. The van der Waals surface area contributed by atoms with Gasteiger partial charge in [-0.2, -0.15) is 8.78 Å². The molecule has 0 atom stereocenters. The lowest BCUT2D eigenvalue weighted by molar-refractivity contribution is -0.113. The Balaban J connectivity index is 1.59. The summed E-state index contributed by atoms with van der Waals surface area (Å²) < 4.78 is 34.1. The van der Waals surface area contributed by atoms with E-state index in [0.29, 0.717) is 10.8 Å². The SMILES string of the molecule is COc1cc(NC(=O)CSc2nccc(-c3cccs3)n2)ccc1OC(F)F. The third-order valence-corrected chi connectivity index (χ3v) is 5.16. The molecular weight excluding hydrogens is 408 g/mol. The zero-order valence-electron chi connectivity index (χ0n) is 14.6. The molecule has 1 aromatic carbocycles. The molecule has 0 fully saturated rings. The lowest BCUT2D eigenvalue weighted by atomic mass is 10.2. The Labute approximate surface area is 167 Å². The Bertz CT molecular complexity index is 940. The summed E-state index contributed by atoms with van der Waals surface area (Å²) in [5.74, 6) is -0.216. The molecule has 0 aliphatic heterocycles. The number of carbonyl (C=O) groups is 1. The first kappa shape index (κ1) is 20.0. The molecular formula is C18H15F2N3O3S2. The number of carbonyl (C=O) groups excluding carboxylic acids is 1. The predicted molar refractivity (Wildman–Crippen MR) is 104 cm³/mol. The maximum absolute atomic E-state index is 12.4. The molecule has 0 radical (unpaired) electrons. The van der Waals surface area contributed by atoms with Gasteiger partial charge in [0.05, 0.1) is 23.4 Å². The first-order valence-corrected chi connectivity index (χ1v) is 9.84. The van der Waals surface area contributed by atoms with Crippen LogP contribution in [0.15, 0.2) is 53.1 Å². The number of halogens is 2. The molecule has 1 N–H and O–H groups in total. The minimum absolute atomic E-state index is 0.0888. The molecule has 3 aromatic rings. The molecule has 0 saturated heterocycles. The van der Waals surface area contributed by atoms with Gasteiger partial charge in [-0.15, -0.1) is 11.3 Å². The number of thiophene rings is 1. The quantitative estimate of drug-likeness (QED) is 0.423. The van der Waals surface area contributed by atoms with Crippen molar-refractivity contribution in [3.05, 3.63) is 48.0 Å². The maximum atomic E-state index is 12.4. The van der Waals surface area contributed by atoms with E-state index in [4.69, 9.17) is 4.74 Å². The second kappa shape index (κ2) is 9.47. The van der Waals surface area contributed by atoms with Crippen LogP contribution in [0.4, 0.5) is 14.5 Å². The van der Waals surface area contributed by atoms with Crippen LogP contribution in [0.2, 0.25) is 0 Å². The number of nitrogens with one attached hydrogen (secondary N) is 1. The van der Waals surface area contributed by atoms with E-state index in [2.05, 4.69) is 20.0 Å². The van der Waals surface area contributed by atoms with Gasteiger partial charge >= 0.3 is 6.61 Å². The van der Waals surface area contributed by atoms with Gasteiger partial charge in [0.25, 0.3) is 0 Å². The molecule has 3 rings (SSSR count). The summed E-state index contributed by atoms with van der Waals surface area (Å²) in [6.07, 6.45) is 1.65. The molecule has 10 heteroatoms. The smallest absolute Gasteiger partial charge is 0.387 e. The van der Waals surface area contributed by atoms with Crippen LogP contribution >= 0.6 is 23.1 Å². The zero-order valence-corrected chi connectivity index (χ0v) is 16.2. The highest BCUT2D eigenvalue weighted by Crippen LogP contribution is 2.31. The van der Waals surface area contributed by atoms with Gasteiger partial charge in [0.15, 0.2) is 16.7 Å². The van der Waals surface area contributed by atoms with Gasteiger partial charge in [-0.3, -0.25) is 4.79 Å². The Kier molecular flexibility index (Phi) is 6.77. The third-order valence-electron chi connectivity index (χ3n) is 3.40. The Morgan fingerprint density at radius 1 is 1.29 bits per heavy atom. The van der Waals surface area contributed by atoms with E-state index in [-0.39, 0.29) is 23.2 Å². The summed E-state index contributed by atoms with van der Waals surface area (Å²) >= 11 is 2.77. The van der Waals surface area contributed by atoms with Crippen molar-refractivity contribution in [2.45, 2.75) is 11.8 Å². The number of aromatic nitrogens is 2. The fourth-order valence-electron chi connectivity index (χ4n) is 2.24. The number of rotatable bonds is 8. The molecule has 0 spiro atoms. The summed E-state index contributed by atoms with van der Waals surface area (Å²) in [6.45, 7) is -2.96. The summed E-state index contributed by atoms with van der Waals surface area (Å²) in [4.78, 5) is 21.8. The Hall–Kier alpha value is -2.72. The molecule has 2 aromatic heterocycles. The highest BCUT2D eigenvalue weighted by Gasteiger charge is 2.13. The van der Waals surface area contributed by atoms with Crippen LogP contribution in [-0.4, -0.2) is 35.3 Å². The number of amides is 1. The molecule has 0 aliphatic carbocycles. The minimum atomic E-state index is -2.96. The highest BCUT2D eigenvalue weighted by atomic mass is 32.2. The number of alkyl halides is 2. The lowest BCUT2D eigenvalue weighted by Crippen LogP contribution is -2.14. The summed E-state index contributed by atoms with van der Waals surface area (Å²) in [6, 6.07) is 9.88. The standard InChI is InChI=1S/C18H15F2N3O3S2/c1-25-14-9-11(4-5-13(14)26-17(19)20)22-16(24)10-28-18-21-7-6-12(23-18)15-3-2-8-27-15/h2-9,17H,10H2,1H3,(H,22,24). The van der Waals surface area contributed by atoms with E-state index in [9.17, 15) is 13.6 Å². The van der Waals surface area contributed by atoms with Gasteiger partial charge in [0.2, 0.25) is 5.91 Å². The van der Waals surface area contributed by atoms with Gasteiger partial charge in [0.1, 0.15) is 0 Å². The largest absolute Gasteiger partial charge is 0.493 e. The van der Waals surface area contributed by atoms with E-state index in [1.165, 1.54) is 37.1 Å². The van der Waals surface area contributed by atoms with E-state index in [1.54, 1.807) is 17.5 Å². The van der Waals surface area contributed by atoms with Crippen molar-refractivity contribution in [2.24, 2.45) is 0 Å². The van der Waals surface area contributed by atoms with Gasteiger partial charge in [-0.1, -0.05) is 17.8 Å². The number of hydrogen-bond donors (Lipinski definition) is 1. The number of ether oxygens (including phenoxy) is 2. The van der Waals surface area contributed by atoms with Crippen molar-refractivity contribution < 1.29 is 23.0 Å². The molecule has 0 bridgehead atoms. The lowest BCUT2D eigenvalue weighted by Gasteiger charge is -2.12. The Morgan fingerprint density at radius 2 is 2.14 bits per heavy atom. The van der Waals surface area contributed by atoms with Crippen molar-refractivity contribution in [3.63, 3.8) is 0 Å². The number of hydrogen-bond acceptors (Lipinski definition) is 7. The van der Waals surface area contributed by atoms with Crippen LogP contribution in [0.5, 0.6) is 11.5 Å². The number of nitrogens with zero attached hydrogens (tertiary/aromatic N) is 2. The van der Waals surface area contributed by atoms with Gasteiger partial charge in [0, 0.05) is 18.0 Å². The molecule has 0 aliphatic rings. The van der Waals surface area contributed by atoms with Crippen molar-refractivity contribution in [2.75, 3.05) is 18.2 Å². The summed E-state index contributed by atoms with van der Waals surface area (Å²) in [5, 5.41) is 5.12. The second-order valence-electron chi connectivity index (χ2n) is 5.28. The molecule has 0 unspecified atom stereocenters. The average molecular weight is 423 g/mol. The zero-order chi connectivity index (χ0) is 19.9. The fourth-order valence-corrected chi connectivity index (χ4v) is 3.56. The molecule has 28 heavy (non-hydrogen) atoms. The molecule has 1 amide bonds. The maximum Gasteiger partial charge on any atom is 0.387 e. The average Bonchev–Trinajstić information content (AvgIpc) is 3.22. The van der Waals surface area contributed by atoms with E-state index < -0.39 is 6.61 Å². The number of benzene rings is 1. The molecule has 0 saturated carbocycles. The van der Waals surface area contributed by atoms with E-state index in [0.717, 1.165) is 10.6 Å². The van der Waals surface area contributed by atoms with Gasteiger partial charge in [-0.25, -0.2) is 9.97 Å². The third kappa shape index (κ3) is 5.40. The van der Waals surface area contributed by atoms with E-state index >= 15 is 0 Å². The van der Waals surface area contributed by atoms with Crippen LogP contribution in [0.1, 0.15) is 0 Å². The fraction of sp³-hybridized carbons (Fsp3) is 0.167. The van der Waals surface area contributed by atoms with Gasteiger partial charge in [-0.05, 0) is 29.6 Å². The predicted octanol–water partition coefficient (Wildman–Crippen LogP) is 4.55. The minimum Gasteiger partial charge on any atom is -0.493 e. The van der Waals surface area contributed by atoms with Crippen molar-refractivity contribution in [1.82, 2.24) is 9.97 Å². The number of anilines is 1. The monoisotopic (exact) mass is 423 g/mol. The van der Waals surface area contributed by atoms with Crippen molar-refractivity contribution in [3.8, 4) is 22.1 Å². The summed E-state index contributed by atoms with van der Waals surface area (Å²) in [5.41, 5.74) is 1.20. The normalized spacial score (nSPS) is 10.7. The highest BCUT2D eigenvalue weighted by molar-refractivity contribution is 7.99. The van der Waals surface area contributed by atoms with Crippen LogP contribution in [0.3, 0.4) is 0 Å². The topological polar surface area (TPSA) is 73.3 Å². The van der Waals surface area contributed by atoms with Crippen LogP contribution < -0.4 is 14.8 Å². The van der Waals surface area contributed by atoms with Crippen LogP contribution in [-0.2, 0) is 4.79 Å². The van der Waals surface area contributed by atoms with Crippen molar-refractivity contribution in [1.29, 1.82) is 0 Å². The Morgan fingerprint density at radius 3 is 2.86 bits per heavy atom. The van der Waals surface area contributed by atoms with E-state index in [1.807, 2.05) is 23.6 Å². The second-order valence-corrected chi connectivity index (χ2v) is 7.17. The van der Waals surface area contributed by atoms with Crippen LogP contribution in [0.25, 0.3) is 10.6 Å². The van der Waals surface area contributed by atoms with Gasteiger partial charge < -0.3 is 14.8 Å². The number of methoxy groups -OCH3 is 1. The summed E-state index contributed by atoms with van der Waals surface area (Å²) in [7, 11) is 1.33. The number of thioether (sulfide) groups is 1. The molecule has 2 heterocycles. The van der Waals surface area contributed by atoms with Crippen molar-refractivity contribution >= 4 is 34.7 Å². The first-order chi connectivity index (χ1) is 13.5.